The van der Waals surface area contributed by atoms with E-state index in [0.717, 1.165) is 11.3 Å². The van der Waals surface area contributed by atoms with Gasteiger partial charge in [-0.1, -0.05) is 6.07 Å². The highest BCUT2D eigenvalue weighted by molar-refractivity contribution is 5.57. The molecule has 0 fully saturated rings. The van der Waals surface area contributed by atoms with Crippen molar-refractivity contribution >= 4 is 5.69 Å². The van der Waals surface area contributed by atoms with Gasteiger partial charge in [0.15, 0.2) is 0 Å². The van der Waals surface area contributed by atoms with Crippen LogP contribution in [0, 0.1) is 13.8 Å². The summed E-state index contributed by atoms with van der Waals surface area (Å²) in [6.07, 6.45) is -0.582. The van der Waals surface area contributed by atoms with Crippen LogP contribution < -0.4 is 10.6 Å². The summed E-state index contributed by atoms with van der Waals surface area (Å²) in [6, 6.07) is 4.10. The number of nitrogens with zero attached hydrogens (tertiary/aromatic N) is 1. The number of anilines is 1. The van der Waals surface area contributed by atoms with Crippen molar-refractivity contribution in [1.29, 1.82) is 0 Å². The maximum atomic E-state index is 9.82. The molecule has 0 aliphatic heterocycles. The molecule has 1 aromatic carbocycles. The van der Waals surface area contributed by atoms with Gasteiger partial charge >= 0.3 is 0 Å². The fourth-order valence-electron chi connectivity index (χ4n) is 1.60. The van der Waals surface area contributed by atoms with E-state index in [9.17, 15) is 5.11 Å². The smallest absolute Gasteiger partial charge is 0.0932 e. The van der Waals surface area contributed by atoms with Crippen molar-refractivity contribution in [2.45, 2.75) is 20.0 Å². The second-order valence-electron chi connectivity index (χ2n) is 4.14. The molecule has 0 aliphatic carbocycles. The predicted molar refractivity (Wildman–Crippen MR) is 64.3 cm³/mol. The van der Waals surface area contributed by atoms with E-state index in [1.54, 1.807) is 0 Å². The number of aliphatic hydroxyl groups excluding tert-OH is 1. The molecule has 0 bridgehead atoms. The van der Waals surface area contributed by atoms with E-state index in [0.29, 0.717) is 0 Å². The van der Waals surface area contributed by atoms with Gasteiger partial charge in [-0.3, -0.25) is 0 Å². The SMILES string of the molecule is Cc1cc(C(O)CN)c(N(C)C)cc1C. The Morgan fingerprint density at radius 1 is 1.27 bits per heavy atom. The Balaban J connectivity index is 3.28. The fraction of sp³-hybridized carbons (Fsp3) is 0.500. The standard InChI is InChI=1S/C12H20N2O/c1-8-5-10(12(15)7-13)11(14(3)4)6-9(8)2/h5-6,12,15H,7,13H2,1-4H3. The normalized spacial score (nSPS) is 12.7. The van der Waals surface area contributed by atoms with Gasteiger partial charge in [-0.05, 0) is 31.0 Å². The van der Waals surface area contributed by atoms with Crippen LogP contribution in [-0.2, 0) is 0 Å². The summed E-state index contributed by atoms with van der Waals surface area (Å²) in [4.78, 5) is 2.00. The third-order valence-electron chi connectivity index (χ3n) is 2.71. The van der Waals surface area contributed by atoms with E-state index in [1.165, 1.54) is 11.1 Å². The highest BCUT2D eigenvalue weighted by atomic mass is 16.3. The molecule has 1 unspecified atom stereocenters. The molecule has 0 radical (unpaired) electrons. The zero-order valence-corrected chi connectivity index (χ0v) is 9.91. The average Bonchev–Trinajstić information content (AvgIpc) is 2.20. The van der Waals surface area contributed by atoms with Crippen LogP contribution in [0.4, 0.5) is 5.69 Å². The second kappa shape index (κ2) is 4.64. The minimum absolute atomic E-state index is 0.253. The Morgan fingerprint density at radius 2 is 1.80 bits per heavy atom. The molecule has 0 saturated heterocycles. The molecule has 3 nitrogen and oxygen atoms in total. The number of hydrogen-bond donors (Lipinski definition) is 2. The van der Waals surface area contributed by atoms with Gasteiger partial charge in [-0.25, -0.2) is 0 Å². The lowest BCUT2D eigenvalue weighted by atomic mass is 9.99. The zero-order valence-electron chi connectivity index (χ0n) is 9.91. The molecular weight excluding hydrogens is 188 g/mol. The summed E-state index contributed by atoms with van der Waals surface area (Å²) >= 11 is 0. The van der Waals surface area contributed by atoms with Gasteiger partial charge in [-0.2, -0.15) is 0 Å². The van der Waals surface area contributed by atoms with Crippen molar-refractivity contribution in [3.63, 3.8) is 0 Å². The fourth-order valence-corrected chi connectivity index (χ4v) is 1.60. The summed E-state index contributed by atoms with van der Waals surface area (Å²) < 4.78 is 0. The van der Waals surface area contributed by atoms with Gasteiger partial charge in [0.25, 0.3) is 0 Å². The topological polar surface area (TPSA) is 49.5 Å². The molecule has 3 N–H and O–H groups in total. The van der Waals surface area contributed by atoms with Crippen molar-refractivity contribution in [1.82, 2.24) is 0 Å². The highest BCUT2D eigenvalue weighted by Crippen LogP contribution is 2.27. The van der Waals surface area contributed by atoms with Crippen LogP contribution in [0.3, 0.4) is 0 Å². The first-order valence-electron chi connectivity index (χ1n) is 5.14. The Morgan fingerprint density at radius 3 is 2.27 bits per heavy atom. The molecular formula is C12H20N2O. The van der Waals surface area contributed by atoms with E-state index in [2.05, 4.69) is 13.0 Å². The van der Waals surface area contributed by atoms with Crippen LogP contribution in [0.25, 0.3) is 0 Å². The summed E-state index contributed by atoms with van der Waals surface area (Å²) in [5.74, 6) is 0. The van der Waals surface area contributed by atoms with Crippen molar-refractivity contribution in [2.24, 2.45) is 5.73 Å². The third-order valence-corrected chi connectivity index (χ3v) is 2.71. The van der Waals surface area contributed by atoms with Crippen LogP contribution in [0.15, 0.2) is 12.1 Å². The quantitative estimate of drug-likeness (QED) is 0.788. The molecule has 0 amide bonds. The van der Waals surface area contributed by atoms with Crippen molar-refractivity contribution in [3.8, 4) is 0 Å². The number of aryl methyl sites for hydroxylation is 2. The molecule has 0 aliphatic rings. The molecule has 3 heteroatoms. The molecule has 0 spiro atoms. The lowest BCUT2D eigenvalue weighted by Crippen LogP contribution is -2.18. The van der Waals surface area contributed by atoms with Gasteiger partial charge < -0.3 is 15.7 Å². The van der Waals surface area contributed by atoms with Crippen molar-refractivity contribution in [3.05, 3.63) is 28.8 Å². The third kappa shape index (κ3) is 2.49. The van der Waals surface area contributed by atoms with Gasteiger partial charge in [0.05, 0.1) is 6.10 Å². The van der Waals surface area contributed by atoms with E-state index in [-0.39, 0.29) is 6.54 Å². The van der Waals surface area contributed by atoms with Crippen LogP contribution >= 0.6 is 0 Å². The van der Waals surface area contributed by atoms with Gasteiger partial charge in [-0.15, -0.1) is 0 Å². The lowest BCUT2D eigenvalue weighted by molar-refractivity contribution is 0.187. The summed E-state index contributed by atoms with van der Waals surface area (Å²) in [5, 5.41) is 9.82. The first-order chi connectivity index (χ1) is 6.97. The first-order valence-corrected chi connectivity index (χ1v) is 5.14. The Kier molecular flexibility index (Phi) is 3.72. The van der Waals surface area contributed by atoms with Crippen LogP contribution in [0.1, 0.15) is 22.8 Å². The van der Waals surface area contributed by atoms with Gasteiger partial charge in [0, 0.05) is 31.9 Å². The van der Waals surface area contributed by atoms with E-state index < -0.39 is 6.10 Å². The largest absolute Gasteiger partial charge is 0.387 e. The van der Waals surface area contributed by atoms with E-state index in [4.69, 9.17) is 5.73 Å². The molecule has 15 heavy (non-hydrogen) atoms. The summed E-state index contributed by atoms with van der Waals surface area (Å²) in [5.41, 5.74) is 9.85. The zero-order chi connectivity index (χ0) is 11.6. The molecule has 1 rings (SSSR count). The average molecular weight is 208 g/mol. The number of nitrogens with two attached hydrogens (primary N) is 1. The number of benzene rings is 1. The van der Waals surface area contributed by atoms with Crippen molar-refractivity contribution < 1.29 is 5.11 Å². The van der Waals surface area contributed by atoms with E-state index >= 15 is 0 Å². The molecule has 84 valence electrons. The van der Waals surface area contributed by atoms with Crippen LogP contribution in [-0.4, -0.2) is 25.7 Å². The van der Waals surface area contributed by atoms with E-state index in [1.807, 2.05) is 32.0 Å². The predicted octanol–water partition coefficient (Wildman–Crippen LogP) is 1.36. The first kappa shape index (κ1) is 12.0. The monoisotopic (exact) mass is 208 g/mol. The van der Waals surface area contributed by atoms with Crippen molar-refractivity contribution in [2.75, 3.05) is 25.5 Å². The molecule has 0 saturated carbocycles. The number of hydrogen-bond acceptors (Lipinski definition) is 3. The van der Waals surface area contributed by atoms with Gasteiger partial charge in [0.1, 0.15) is 0 Å². The molecule has 1 atom stereocenters. The highest BCUT2D eigenvalue weighted by Gasteiger charge is 2.13. The Hall–Kier alpha value is -1.06. The summed E-state index contributed by atoms with van der Waals surface area (Å²) in [6.45, 7) is 4.37. The van der Waals surface area contributed by atoms with Crippen LogP contribution in [0.5, 0.6) is 0 Å². The minimum Gasteiger partial charge on any atom is -0.387 e. The Bertz CT molecular complexity index is 348. The van der Waals surface area contributed by atoms with Gasteiger partial charge in [0.2, 0.25) is 0 Å². The van der Waals surface area contributed by atoms with Crippen LogP contribution in [0.2, 0.25) is 0 Å². The lowest BCUT2D eigenvalue weighted by Gasteiger charge is -2.22. The summed E-state index contributed by atoms with van der Waals surface area (Å²) in [7, 11) is 3.94. The maximum Gasteiger partial charge on any atom is 0.0932 e. The molecule has 1 aromatic rings. The minimum atomic E-state index is -0.582. The molecule has 0 heterocycles. The Labute approximate surface area is 91.5 Å². The molecule has 0 aromatic heterocycles. The second-order valence-corrected chi connectivity index (χ2v) is 4.14. The number of aliphatic hydroxyl groups is 1. The number of rotatable bonds is 3. The maximum absolute atomic E-state index is 9.82.